The molecule has 0 heterocycles. The van der Waals surface area contributed by atoms with Crippen molar-refractivity contribution in [1.29, 1.82) is 0 Å². The highest BCUT2D eigenvalue weighted by atomic mass is 32.2. The molecule has 0 aromatic heterocycles. The summed E-state index contributed by atoms with van der Waals surface area (Å²) in [6, 6.07) is 7.86. The largest absolute Gasteiger partial charge is 0.457 e. The Morgan fingerprint density at radius 1 is 0.963 bits per heavy atom. The summed E-state index contributed by atoms with van der Waals surface area (Å²) in [6.45, 7) is 3.56. The van der Waals surface area contributed by atoms with Gasteiger partial charge < -0.3 is 4.74 Å². The van der Waals surface area contributed by atoms with Gasteiger partial charge in [0.2, 0.25) is 0 Å². The smallest absolute Gasteiger partial charge is 0.344 e. The quantitative estimate of drug-likeness (QED) is 0.345. The third-order valence-corrected chi connectivity index (χ3v) is 3.77. The standard InChI is InChI=1S/C14H8F4O5S.C2H6.H2S/c15-9-8(14(19)23-6-7-4-2-1-3-5-7)10(16)12(18)13(11(9)17)24(20,21)22;1-2;/h1-5H,6H2,(H,20,21,22);1-2H3;1H2. The Balaban J connectivity index is 0.00000218. The normalized spacial score (nSPS) is 10.3. The first-order valence-corrected chi connectivity index (χ1v) is 8.63. The van der Waals surface area contributed by atoms with Crippen LogP contribution in [0.4, 0.5) is 17.6 Å². The first-order valence-electron chi connectivity index (χ1n) is 7.19. The maximum absolute atomic E-state index is 13.8. The van der Waals surface area contributed by atoms with Gasteiger partial charge in [-0.25, -0.2) is 22.4 Å². The van der Waals surface area contributed by atoms with Crippen LogP contribution in [0.2, 0.25) is 0 Å². The fourth-order valence-electron chi connectivity index (χ4n) is 1.81. The highest BCUT2D eigenvalue weighted by Gasteiger charge is 2.35. The fraction of sp³-hybridized carbons (Fsp3) is 0.188. The van der Waals surface area contributed by atoms with Crippen molar-refractivity contribution in [2.75, 3.05) is 0 Å². The molecular weight excluding hydrogens is 412 g/mol. The van der Waals surface area contributed by atoms with Crippen LogP contribution in [-0.2, 0) is 21.5 Å². The zero-order valence-corrected chi connectivity index (χ0v) is 15.9. The predicted molar refractivity (Wildman–Crippen MR) is 93.4 cm³/mol. The average molecular weight is 428 g/mol. The molecule has 5 nitrogen and oxygen atoms in total. The van der Waals surface area contributed by atoms with Gasteiger partial charge >= 0.3 is 16.1 Å². The molecule has 2 rings (SSSR count). The Kier molecular flexibility index (Phi) is 9.48. The Bertz CT molecular complexity index is 874. The molecular formula is C16H16F4O5S2. The van der Waals surface area contributed by atoms with Crippen molar-refractivity contribution in [3.05, 3.63) is 64.7 Å². The van der Waals surface area contributed by atoms with E-state index in [2.05, 4.69) is 4.74 Å². The molecule has 0 radical (unpaired) electrons. The van der Waals surface area contributed by atoms with Gasteiger partial charge in [-0.3, -0.25) is 4.55 Å². The fourth-order valence-corrected chi connectivity index (χ4v) is 2.44. The lowest BCUT2D eigenvalue weighted by Gasteiger charge is -2.10. The minimum Gasteiger partial charge on any atom is -0.457 e. The molecule has 27 heavy (non-hydrogen) atoms. The summed E-state index contributed by atoms with van der Waals surface area (Å²) in [6.07, 6.45) is 0. The van der Waals surface area contributed by atoms with Crippen LogP contribution in [0.3, 0.4) is 0 Å². The number of rotatable bonds is 4. The number of esters is 1. The summed E-state index contributed by atoms with van der Waals surface area (Å²) < 4.78 is 89.5. The SMILES string of the molecule is CC.O=C(OCc1ccccc1)c1c(F)c(F)c(S(=O)(=O)O)c(F)c1F.S. The Morgan fingerprint density at radius 3 is 1.81 bits per heavy atom. The highest BCUT2D eigenvalue weighted by molar-refractivity contribution is 7.85. The Hall–Kier alpha value is -2.11. The van der Waals surface area contributed by atoms with Gasteiger partial charge in [-0.2, -0.15) is 21.9 Å². The van der Waals surface area contributed by atoms with Gasteiger partial charge in [0.25, 0.3) is 0 Å². The van der Waals surface area contributed by atoms with Gasteiger partial charge in [-0.05, 0) is 5.56 Å². The van der Waals surface area contributed by atoms with Crippen molar-refractivity contribution in [1.82, 2.24) is 0 Å². The van der Waals surface area contributed by atoms with Crippen LogP contribution >= 0.6 is 13.5 Å². The van der Waals surface area contributed by atoms with E-state index in [4.69, 9.17) is 4.55 Å². The molecule has 2 aromatic carbocycles. The van der Waals surface area contributed by atoms with Crippen LogP contribution in [-0.4, -0.2) is 18.9 Å². The molecule has 0 fully saturated rings. The van der Waals surface area contributed by atoms with Crippen molar-refractivity contribution in [3.8, 4) is 0 Å². The monoisotopic (exact) mass is 428 g/mol. The molecule has 0 aliphatic rings. The van der Waals surface area contributed by atoms with E-state index >= 15 is 0 Å². The van der Waals surface area contributed by atoms with Gasteiger partial charge in [0.05, 0.1) is 0 Å². The summed E-state index contributed by atoms with van der Waals surface area (Å²) >= 11 is 0. The maximum Gasteiger partial charge on any atom is 0.344 e. The number of carbonyl (C=O) groups excluding carboxylic acids is 1. The van der Waals surface area contributed by atoms with E-state index in [1.165, 1.54) is 12.1 Å². The Morgan fingerprint density at radius 2 is 1.41 bits per heavy atom. The number of carbonyl (C=O) groups is 1. The molecule has 2 aromatic rings. The molecule has 11 heteroatoms. The third kappa shape index (κ3) is 5.68. The van der Waals surface area contributed by atoms with E-state index in [9.17, 15) is 30.8 Å². The van der Waals surface area contributed by atoms with Crippen molar-refractivity contribution in [2.45, 2.75) is 25.3 Å². The number of ether oxygens (including phenoxy) is 1. The highest BCUT2D eigenvalue weighted by Crippen LogP contribution is 2.28. The van der Waals surface area contributed by atoms with Gasteiger partial charge in [-0.15, -0.1) is 0 Å². The molecule has 0 amide bonds. The minimum atomic E-state index is -5.59. The lowest BCUT2D eigenvalue weighted by Crippen LogP contribution is -2.17. The predicted octanol–water partition coefficient (Wildman–Crippen LogP) is 3.99. The summed E-state index contributed by atoms with van der Waals surface area (Å²) in [5.74, 6) is -11.2. The topological polar surface area (TPSA) is 80.7 Å². The van der Waals surface area contributed by atoms with E-state index < -0.39 is 56.4 Å². The van der Waals surface area contributed by atoms with Gasteiger partial charge in [-0.1, -0.05) is 44.2 Å². The van der Waals surface area contributed by atoms with Gasteiger partial charge in [0, 0.05) is 0 Å². The first-order chi connectivity index (χ1) is 12.1. The second-order valence-electron chi connectivity index (χ2n) is 4.50. The van der Waals surface area contributed by atoms with E-state index in [-0.39, 0.29) is 13.5 Å². The third-order valence-electron chi connectivity index (χ3n) is 2.90. The lowest BCUT2D eigenvalue weighted by atomic mass is 10.1. The van der Waals surface area contributed by atoms with E-state index in [1.54, 1.807) is 18.2 Å². The molecule has 0 aliphatic carbocycles. The van der Waals surface area contributed by atoms with Crippen molar-refractivity contribution >= 4 is 29.6 Å². The van der Waals surface area contributed by atoms with Crippen LogP contribution in [0, 0.1) is 23.3 Å². The molecule has 0 aliphatic heterocycles. The average Bonchev–Trinajstić information content (AvgIpc) is 2.60. The van der Waals surface area contributed by atoms with Crippen molar-refractivity contribution in [3.63, 3.8) is 0 Å². The molecule has 0 spiro atoms. The number of hydrogen-bond donors (Lipinski definition) is 1. The molecule has 0 atom stereocenters. The van der Waals surface area contributed by atoms with Crippen LogP contribution < -0.4 is 0 Å². The van der Waals surface area contributed by atoms with E-state index in [0.29, 0.717) is 5.56 Å². The summed E-state index contributed by atoms with van der Waals surface area (Å²) in [7, 11) is -5.59. The first kappa shape index (κ1) is 24.9. The number of benzene rings is 2. The molecule has 150 valence electrons. The second-order valence-corrected chi connectivity index (χ2v) is 5.86. The molecule has 0 saturated heterocycles. The van der Waals surface area contributed by atoms with Gasteiger partial charge in [0.15, 0.2) is 28.2 Å². The van der Waals surface area contributed by atoms with Crippen molar-refractivity contribution in [2.24, 2.45) is 0 Å². The second kappa shape index (κ2) is 10.3. The van der Waals surface area contributed by atoms with Crippen LogP contribution in [0.1, 0.15) is 29.8 Å². The molecule has 1 N–H and O–H groups in total. The van der Waals surface area contributed by atoms with Crippen molar-refractivity contribution < 1.29 is 40.1 Å². The Labute approximate surface area is 160 Å². The molecule has 0 unspecified atom stereocenters. The number of hydrogen-bond acceptors (Lipinski definition) is 4. The van der Waals surface area contributed by atoms with E-state index in [1.807, 2.05) is 13.8 Å². The zero-order valence-electron chi connectivity index (χ0n) is 14.1. The van der Waals surface area contributed by atoms with Crippen LogP contribution in [0.25, 0.3) is 0 Å². The maximum atomic E-state index is 13.8. The summed E-state index contributed by atoms with van der Waals surface area (Å²) in [5.41, 5.74) is -1.31. The molecule has 0 bridgehead atoms. The summed E-state index contributed by atoms with van der Waals surface area (Å²) in [5, 5.41) is 0. The minimum absolute atomic E-state index is 0. The summed E-state index contributed by atoms with van der Waals surface area (Å²) in [4.78, 5) is 9.45. The lowest BCUT2D eigenvalue weighted by molar-refractivity contribution is 0.0457. The van der Waals surface area contributed by atoms with Crippen LogP contribution in [0.15, 0.2) is 35.2 Å². The number of halogens is 4. The van der Waals surface area contributed by atoms with Crippen LogP contribution in [0.5, 0.6) is 0 Å². The molecule has 0 saturated carbocycles. The van der Waals surface area contributed by atoms with Gasteiger partial charge in [0.1, 0.15) is 12.2 Å². The van der Waals surface area contributed by atoms with E-state index in [0.717, 1.165) is 0 Å². The zero-order chi connectivity index (χ0) is 20.1.